The van der Waals surface area contributed by atoms with Crippen LogP contribution < -0.4 is 0 Å². The first-order chi connectivity index (χ1) is 37.0. The molecule has 0 saturated heterocycles. The number of ether oxygens (including phenoxy) is 3. The third kappa shape index (κ3) is 62.6. The second kappa shape index (κ2) is 64.4. The maximum atomic E-state index is 12.9. The first-order valence-corrected chi connectivity index (χ1v) is 33.8. The van der Waals surface area contributed by atoms with Crippen molar-refractivity contribution in [3.05, 3.63) is 24.3 Å². The highest BCUT2D eigenvalue weighted by molar-refractivity contribution is 5.71. The molecule has 0 aliphatic heterocycles. The number of esters is 3. The second-order valence-electron chi connectivity index (χ2n) is 23.1. The molecule has 6 heteroatoms. The summed E-state index contributed by atoms with van der Waals surface area (Å²) in [6.45, 7) is 6.69. The minimum Gasteiger partial charge on any atom is -0.462 e. The summed E-state index contributed by atoms with van der Waals surface area (Å²) in [5, 5.41) is 0. The van der Waals surface area contributed by atoms with Crippen LogP contribution in [0, 0.1) is 0 Å². The van der Waals surface area contributed by atoms with Gasteiger partial charge in [-0.05, 0) is 70.6 Å². The Morgan fingerprint density at radius 2 is 0.440 bits per heavy atom. The Morgan fingerprint density at radius 1 is 0.253 bits per heavy atom. The molecule has 0 fully saturated rings. The van der Waals surface area contributed by atoms with Crippen molar-refractivity contribution in [2.24, 2.45) is 0 Å². The fourth-order valence-electron chi connectivity index (χ4n) is 10.3. The highest BCUT2D eigenvalue weighted by atomic mass is 16.6. The highest BCUT2D eigenvalue weighted by Gasteiger charge is 2.19. The smallest absolute Gasteiger partial charge is 0.306 e. The minimum absolute atomic E-state index is 0.0673. The quantitative estimate of drug-likeness (QED) is 0.0261. The standard InChI is InChI=1S/C69H130O6/c1-4-7-10-13-16-19-22-24-26-28-30-31-32-33-34-35-36-37-38-39-40-42-43-45-47-50-53-56-59-62-68(71)74-65-66(64-73-67(70)61-58-55-52-49-21-18-15-12-9-6-3)75-69(72)63-60-57-54-51-48-46-44-41-29-27-25-23-20-17-14-11-8-5-2/h27-30,66H,4-26,31-65H2,1-3H3/b29-27-,30-28-. The lowest BCUT2D eigenvalue weighted by atomic mass is 10.0. The molecule has 0 amide bonds. The molecule has 0 aromatic rings. The fourth-order valence-corrected chi connectivity index (χ4v) is 10.3. The lowest BCUT2D eigenvalue weighted by Gasteiger charge is -2.18. The Balaban J connectivity index is 4.11. The van der Waals surface area contributed by atoms with Crippen LogP contribution in [0.25, 0.3) is 0 Å². The molecular weight excluding hydrogens is 925 g/mol. The van der Waals surface area contributed by atoms with E-state index in [0.717, 1.165) is 57.8 Å². The van der Waals surface area contributed by atoms with Crippen molar-refractivity contribution in [1.82, 2.24) is 0 Å². The van der Waals surface area contributed by atoms with Gasteiger partial charge in [0.25, 0.3) is 0 Å². The molecule has 1 atom stereocenters. The summed E-state index contributed by atoms with van der Waals surface area (Å²) in [7, 11) is 0. The molecule has 0 radical (unpaired) electrons. The molecule has 0 aromatic carbocycles. The molecular formula is C69H130O6. The Labute approximate surface area is 468 Å². The van der Waals surface area contributed by atoms with E-state index >= 15 is 0 Å². The number of hydrogen-bond acceptors (Lipinski definition) is 6. The third-order valence-electron chi connectivity index (χ3n) is 15.4. The SMILES string of the molecule is CCCCCCCCC/C=C\CCCCCCCCCC(=O)OC(COC(=O)CCCCCCCCCCCC)COC(=O)CCCCCCCCCCCCCCCCCCC/C=C\CCCCCCCCCC. The van der Waals surface area contributed by atoms with Crippen LogP contribution in [-0.2, 0) is 28.6 Å². The van der Waals surface area contributed by atoms with Crippen LogP contribution >= 0.6 is 0 Å². The van der Waals surface area contributed by atoms with Crippen LogP contribution in [0.4, 0.5) is 0 Å². The van der Waals surface area contributed by atoms with Crippen molar-refractivity contribution in [1.29, 1.82) is 0 Å². The molecule has 0 N–H and O–H groups in total. The Bertz CT molecular complexity index is 1210. The van der Waals surface area contributed by atoms with Crippen LogP contribution in [0.3, 0.4) is 0 Å². The largest absolute Gasteiger partial charge is 0.462 e. The Morgan fingerprint density at radius 3 is 0.667 bits per heavy atom. The molecule has 0 aliphatic rings. The van der Waals surface area contributed by atoms with Gasteiger partial charge in [0.05, 0.1) is 0 Å². The maximum Gasteiger partial charge on any atom is 0.306 e. The molecule has 0 heterocycles. The summed E-state index contributed by atoms with van der Waals surface area (Å²) in [5.41, 5.74) is 0. The van der Waals surface area contributed by atoms with E-state index in [9.17, 15) is 14.4 Å². The van der Waals surface area contributed by atoms with Gasteiger partial charge in [-0.15, -0.1) is 0 Å². The van der Waals surface area contributed by atoms with Gasteiger partial charge in [-0.1, -0.05) is 315 Å². The van der Waals surface area contributed by atoms with Crippen molar-refractivity contribution in [3.63, 3.8) is 0 Å². The Kier molecular flexibility index (Phi) is 62.6. The monoisotopic (exact) mass is 1050 g/mol. The summed E-state index contributed by atoms with van der Waals surface area (Å²) in [6, 6.07) is 0. The molecule has 0 rings (SSSR count). The molecule has 0 bridgehead atoms. The van der Waals surface area contributed by atoms with Gasteiger partial charge < -0.3 is 14.2 Å². The average molecular weight is 1060 g/mol. The molecule has 0 aliphatic carbocycles. The summed E-state index contributed by atoms with van der Waals surface area (Å²) < 4.78 is 16.9. The van der Waals surface area contributed by atoms with Crippen LogP contribution in [0.15, 0.2) is 24.3 Å². The van der Waals surface area contributed by atoms with Gasteiger partial charge in [-0.2, -0.15) is 0 Å². The van der Waals surface area contributed by atoms with Gasteiger partial charge >= 0.3 is 17.9 Å². The zero-order valence-corrected chi connectivity index (χ0v) is 50.8. The summed E-state index contributed by atoms with van der Waals surface area (Å²) in [6.07, 6.45) is 77.8. The first-order valence-electron chi connectivity index (χ1n) is 33.8. The molecule has 75 heavy (non-hydrogen) atoms. The zero-order chi connectivity index (χ0) is 54.3. The van der Waals surface area contributed by atoms with E-state index in [1.165, 1.54) is 283 Å². The molecule has 442 valence electrons. The van der Waals surface area contributed by atoms with Gasteiger partial charge in [-0.3, -0.25) is 14.4 Å². The van der Waals surface area contributed by atoms with Crippen LogP contribution in [0.1, 0.15) is 380 Å². The van der Waals surface area contributed by atoms with Crippen LogP contribution in [0.2, 0.25) is 0 Å². The first kappa shape index (κ1) is 72.9. The second-order valence-corrected chi connectivity index (χ2v) is 23.1. The van der Waals surface area contributed by atoms with E-state index in [2.05, 4.69) is 45.1 Å². The van der Waals surface area contributed by atoms with E-state index in [1.807, 2.05) is 0 Å². The number of allylic oxidation sites excluding steroid dienone is 4. The summed E-state index contributed by atoms with van der Waals surface area (Å²) in [4.78, 5) is 38.2. The van der Waals surface area contributed by atoms with Gasteiger partial charge in [-0.25, -0.2) is 0 Å². The van der Waals surface area contributed by atoms with Gasteiger partial charge in [0, 0.05) is 19.3 Å². The maximum absolute atomic E-state index is 12.9. The summed E-state index contributed by atoms with van der Waals surface area (Å²) in [5.74, 6) is -0.847. The summed E-state index contributed by atoms with van der Waals surface area (Å²) >= 11 is 0. The number of carbonyl (C=O) groups excluding carboxylic acids is 3. The van der Waals surface area contributed by atoms with Crippen molar-refractivity contribution >= 4 is 17.9 Å². The molecule has 0 saturated carbocycles. The molecule has 0 spiro atoms. The normalized spacial score (nSPS) is 12.1. The lowest BCUT2D eigenvalue weighted by molar-refractivity contribution is -0.167. The van der Waals surface area contributed by atoms with E-state index in [0.29, 0.717) is 19.3 Å². The highest BCUT2D eigenvalue weighted by Crippen LogP contribution is 2.18. The van der Waals surface area contributed by atoms with E-state index in [-0.39, 0.29) is 31.1 Å². The van der Waals surface area contributed by atoms with E-state index in [4.69, 9.17) is 14.2 Å². The Hall–Kier alpha value is -2.11. The van der Waals surface area contributed by atoms with Crippen molar-refractivity contribution < 1.29 is 28.6 Å². The zero-order valence-electron chi connectivity index (χ0n) is 50.8. The predicted molar refractivity (Wildman–Crippen MR) is 326 cm³/mol. The van der Waals surface area contributed by atoms with Crippen molar-refractivity contribution in [3.8, 4) is 0 Å². The number of unbranched alkanes of at least 4 members (excludes halogenated alkanes) is 48. The average Bonchev–Trinajstić information content (AvgIpc) is 3.41. The van der Waals surface area contributed by atoms with Gasteiger partial charge in [0.1, 0.15) is 13.2 Å². The topological polar surface area (TPSA) is 78.9 Å². The lowest BCUT2D eigenvalue weighted by Crippen LogP contribution is -2.30. The number of hydrogen-bond donors (Lipinski definition) is 0. The predicted octanol–water partition coefficient (Wildman–Crippen LogP) is 23.0. The molecule has 1 unspecified atom stereocenters. The number of carbonyl (C=O) groups is 3. The van der Waals surface area contributed by atoms with Crippen LogP contribution in [0.5, 0.6) is 0 Å². The molecule has 6 nitrogen and oxygen atoms in total. The van der Waals surface area contributed by atoms with Gasteiger partial charge in [0.2, 0.25) is 0 Å². The fraction of sp³-hybridized carbons (Fsp3) is 0.899. The minimum atomic E-state index is -0.769. The third-order valence-corrected chi connectivity index (χ3v) is 15.4. The van der Waals surface area contributed by atoms with E-state index < -0.39 is 6.10 Å². The van der Waals surface area contributed by atoms with E-state index in [1.54, 1.807) is 0 Å². The van der Waals surface area contributed by atoms with Crippen LogP contribution in [-0.4, -0.2) is 37.2 Å². The van der Waals surface area contributed by atoms with Gasteiger partial charge in [0.15, 0.2) is 6.10 Å². The molecule has 0 aromatic heterocycles. The number of rotatable bonds is 63. The van der Waals surface area contributed by atoms with Crippen molar-refractivity contribution in [2.75, 3.05) is 13.2 Å². The van der Waals surface area contributed by atoms with Crippen molar-refractivity contribution in [2.45, 2.75) is 386 Å².